The van der Waals surface area contributed by atoms with E-state index < -0.39 is 0 Å². The first-order valence-electron chi connectivity index (χ1n) is 9.97. The molecule has 0 amide bonds. The van der Waals surface area contributed by atoms with Crippen molar-refractivity contribution in [1.82, 2.24) is 0 Å². The van der Waals surface area contributed by atoms with E-state index in [1.54, 1.807) is 0 Å². The van der Waals surface area contributed by atoms with Crippen LogP contribution in [-0.4, -0.2) is 0 Å². The van der Waals surface area contributed by atoms with Crippen molar-refractivity contribution in [2.75, 3.05) is 0 Å². The molecule has 0 aliphatic carbocycles. The van der Waals surface area contributed by atoms with E-state index in [0.717, 1.165) is 0 Å². The van der Waals surface area contributed by atoms with E-state index in [9.17, 15) is 0 Å². The summed E-state index contributed by atoms with van der Waals surface area (Å²) < 4.78 is 0. The molecular weight excluding hydrogens is 368 g/mol. The normalized spacial score (nSPS) is 12.9. The predicted molar refractivity (Wildman–Crippen MR) is 125 cm³/mol. The quantitative estimate of drug-likeness (QED) is 0.333. The lowest BCUT2D eigenvalue weighted by Gasteiger charge is -2.18. The maximum absolute atomic E-state index is 2.27. The van der Waals surface area contributed by atoms with Crippen molar-refractivity contribution in [3.63, 3.8) is 0 Å². The minimum Gasteiger partial charge on any atom is -0.0888 e. The van der Waals surface area contributed by atoms with E-state index in [2.05, 4.69) is 111 Å². The minimum absolute atomic E-state index is 1.27. The van der Waals surface area contributed by atoms with Crippen molar-refractivity contribution in [3.8, 4) is 11.1 Å². The molecule has 0 nitrogen and oxygen atoms in total. The van der Waals surface area contributed by atoms with E-state index in [1.807, 2.05) is 11.8 Å². The molecule has 0 saturated carbocycles. The van der Waals surface area contributed by atoms with Crippen molar-refractivity contribution in [2.24, 2.45) is 0 Å². The van der Waals surface area contributed by atoms with E-state index in [-0.39, 0.29) is 0 Å². The average Bonchev–Trinajstić information content (AvgIpc) is 2.89. The first kappa shape index (κ1) is 18.0. The van der Waals surface area contributed by atoms with Gasteiger partial charge in [0.05, 0.1) is 0 Å². The molecule has 1 aliphatic rings. The van der Waals surface area contributed by atoms with Crippen molar-refractivity contribution in [2.45, 2.75) is 23.6 Å². The Morgan fingerprint density at radius 1 is 0.483 bits per heavy atom. The van der Waals surface area contributed by atoms with Crippen molar-refractivity contribution >= 4 is 22.9 Å². The standard InChI is InChI=1S/C28H22S/c1-19-22(21-11-4-3-5-12-21)15-10-16-24(19)28-20(2)23-13-6-8-17-26(23)29-27-18-9-7-14-25(27)28/h3-18H,1-2H3. The Balaban J connectivity index is 1.81. The van der Waals surface area contributed by atoms with Crippen LogP contribution in [0.25, 0.3) is 22.3 Å². The molecule has 0 unspecified atom stereocenters. The van der Waals surface area contributed by atoms with Crippen LogP contribution in [0.3, 0.4) is 0 Å². The smallest absolute Gasteiger partial charge is 0.0201 e. The summed E-state index contributed by atoms with van der Waals surface area (Å²) in [5.74, 6) is 0. The van der Waals surface area contributed by atoms with Crippen LogP contribution >= 0.6 is 11.8 Å². The van der Waals surface area contributed by atoms with Crippen LogP contribution in [0, 0.1) is 6.92 Å². The molecule has 4 aromatic rings. The molecule has 0 saturated heterocycles. The molecule has 140 valence electrons. The molecule has 5 rings (SSSR count). The molecule has 0 radical (unpaired) electrons. The lowest BCUT2D eigenvalue weighted by molar-refractivity contribution is 1.36. The predicted octanol–water partition coefficient (Wildman–Crippen LogP) is 8.11. The fourth-order valence-corrected chi connectivity index (χ4v) is 5.41. The molecule has 0 atom stereocenters. The number of hydrogen-bond donors (Lipinski definition) is 0. The van der Waals surface area contributed by atoms with Gasteiger partial charge in [-0.25, -0.2) is 0 Å². The monoisotopic (exact) mass is 390 g/mol. The highest BCUT2D eigenvalue weighted by Crippen LogP contribution is 2.47. The van der Waals surface area contributed by atoms with Crippen LogP contribution in [-0.2, 0) is 0 Å². The van der Waals surface area contributed by atoms with Gasteiger partial charge in [0.2, 0.25) is 0 Å². The third-order valence-corrected chi connectivity index (χ3v) is 6.88. The maximum atomic E-state index is 2.27. The summed E-state index contributed by atoms with van der Waals surface area (Å²) in [5.41, 5.74) is 10.5. The zero-order valence-electron chi connectivity index (χ0n) is 16.6. The Morgan fingerprint density at radius 3 is 1.79 bits per heavy atom. The molecule has 4 aromatic carbocycles. The van der Waals surface area contributed by atoms with E-state index in [1.165, 1.54) is 54.3 Å². The maximum Gasteiger partial charge on any atom is 0.0201 e. The topological polar surface area (TPSA) is 0 Å². The summed E-state index contributed by atoms with van der Waals surface area (Å²) in [7, 11) is 0. The van der Waals surface area contributed by atoms with Crippen LogP contribution in [0.15, 0.2) is 107 Å². The SMILES string of the molecule is CC1=C(c2cccc(-c3ccccc3)c2C)c2ccccc2Sc2ccccc21. The Hall–Kier alpha value is -3.03. The van der Waals surface area contributed by atoms with E-state index in [0.29, 0.717) is 0 Å². The highest BCUT2D eigenvalue weighted by atomic mass is 32.2. The van der Waals surface area contributed by atoms with Crippen molar-refractivity contribution < 1.29 is 0 Å². The highest BCUT2D eigenvalue weighted by molar-refractivity contribution is 7.99. The second-order valence-corrected chi connectivity index (χ2v) is 8.52. The fourth-order valence-electron chi connectivity index (χ4n) is 4.27. The van der Waals surface area contributed by atoms with Crippen molar-refractivity contribution in [1.29, 1.82) is 0 Å². The van der Waals surface area contributed by atoms with Gasteiger partial charge in [0.1, 0.15) is 0 Å². The Bertz CT molecular complexity index is 1230. The van der Waals surface area contributed by atoms with Gasteiger partial charge in [-0.2, -0.15) is 0 Å². The summed E-state index contributed by atoms with van der Waals surface area (Å²) in [5, 5.41) is 0. The Morgan fingerprint density at radius 2 is 1.03 bits per heavy atom. The van der Waals surface area contributed by atoms with Crippen LogP contribution in [0.4, 0.5) is 0 Å². The van der Waals surface area contributed by atoms with Gasteiger partial charge in [-0.1, -0.05) is 96.7 Å². The fraction of sp³-hybridized carbons (Fsp3) is 0.0714. The second-order valence-electron chi connectivity index (χ2n) is 7.44. The molecule has 1 heterocycles. The van der Waals surface area contributed by atoms with Gasteiger partial charge in [-0.15, -0.1) is 0 Å². The molecular formula is C28H22S. The minimum atomic E-state index is 1.27. The van der Waals surface area contributed by atoms with Crippen LogP contribution in [0.1, 0.15) is 29.2 Å². The van der Waals surface area contributed by atoms with Gasteiger partial charge in [-0.05, 0) is 70.5 Å². The molecule has 0 spiro atoms. The molecule has 0 aromatic heterocycles. The van der Waals surface area contributed by atoms with E-state index >= 15 is 0 Å². The number of rotatable bonds is 2. The summed E-state index contributed by atoms with van der Waals surface area (Å²) in [6.07, 6.45) is 0. The van der Waals surface area contributed by atoms with Gasteiger partial charge in [0.15, 0.2) is 0 Å². The van der Waals surface area contributed by atoms with Gasteiger partial charge in [0.25, 0.3) is 0 Å². The van der Waals surface area contributed by atoms with Gasteiger partial charge >= 0.3 is 0 Å². The van der Waals surface area contributed by atoms with Gasteiger partial charge in [-0.3, -0.25) is 0 Å². The lowest BCUT2D eigenvalue weighted by Crippen LogP contribution is -1.97. The first-order valence-corrected chi connectivity index (χ1v) is 10.8. The molecule has 0 bridgehead atoms. The largest absolute Gasteiger partial charge is 0.0888 e. The number of hydrogen-bond acceptors (Lipinski definition) is 1. The first-order chi connectivity index (χ1) is 14.2. The zero-order valence-corrected chi connectivity index (χ0v) is 17.5. The summed E-state index contributed by atoms with van der Waals surface area (Å²) >= 11 is 1.87. The van der Waals surface area contributed by atoms with Crippen molar-refractivity contribution in [3.05, 3.63) is 119 Å². The number of benzene rings is 4. The highest BCUT2D eigenvalue weighted by Gasteiger charge is 2.22. The molecule has 0 N–H and O–H groups in total. The number of allylic oxidation sites excluding steroid dienone is 1. The molecule has 1 heteroatoms. The molecule has 29 heavy (non-hydrogen) atoms. The third-order valence-electron chi connectivity index (χ3n) is 5.73. The van der Waals surface area contributed by atoms with Gasteiger partial charge < -0.3 is 0 Å². The summed E-state index contributed by atoms with van der Waals surface area (Å²) in [4.78, 5) is 2.64. The van der Waals surface area contributed by atoms with E-state index in [4.69, 9.17) is 0 Å². The van der Waals surface area contributed by atoms with Crippen LogP contribution < -0.4 is 0 Å². The summed E-state index contributed by atoms with van der Waals surface area (Å²) in [6, 6.07) is 34.9. The second kappa shape index (κ2) is 7.42. The Kier molecular flexibility index (Phi) is 4.61. The lowest BCUT2D eigenvalue weighted by atomic mass is 9.85. The average molecular weight is 391 g/mol. The van der Waals surface area contributed by atoms with Gasteiger partial charge in [0, 0.05) is 9.79 Å². The summed E-state index contributed by atoms with van der Waals surface area (Å²) in [6.45, 7) is 4.52. The zero-order chi connectivity index (χ0) is 19.8. The third kappa shape index (κ3) is 3.12. The molecule has 1 aliphatic heterocycles. The molecule has 0 fully saturated rings. The Labute approximate surface area is 176 Å². The van der Waals surface area contributed by atoms with Crippen LogP contribution in [0.5, 0.6) is 0 Å². The van der Waals surface area contributed by atoms with Crippen LogP contribution in [0.2, 0.25) is 0 Å². The number of fused-ring (bicyclic) bond motifs is 2.